The van der Waals surface area contributed by atoms with Crippen LogP contribution in [-0.4, -0.2) is 25.0 Å². The molecule has 0 fully saturated rings. The molecule has 4 aromatic rings. The van der Waals surface area contributed by atoms with Crippen molar-refractivity contribution in [1.82, 2.24) is 14.0 Å². The number of para-hydroxylation sites is 1. The molecule has 29 heavy (non-hydrogen) atoms. The Kier molecular flexibility index (Phi) is 4.55. The highest BCUT2D eigenvalue weighted by atomic mass is 35.5. The Morgan fingerprint density at radius 1 is 1.28 bits per heavy atom. The van der Waals surface area contributed by atoms with Crippen molar-refractivity contribution in [3.05, 3.63) is 74.9 Å². The third-order valence-electron chi connectivity index (χ3n) is 5.11. The number of aromatic carboxylic acids is 1. The number of carbonyl (C=O) groups is 1. The predicted octanol–water partition coefficient (Wildman–Crippen LogP) is 4.02. The zero-order chi connectivity index (χ0) is 20.9. The van der Waals surface area contributed by atoms with Crippen molar-refractivity contribution in [2.45, 2.75) is 19.9 Å². The second-order valence-corrected chi connectivity index (χ2v) is 7.43. The summed E-state index contributed by atoms with van der Waals surface area (Å²) in [5.41, 5.74) is 3.40. The number of hydrogen-bond donors (Lipinski definition) is 2. The summed E-state index contributed by atoms with van der Waals surface area (Å²) in [6, 6.07) is 9.81. The number of aryl methyl sites for hydroxylation is 2. The van der Waals surface area contributed by atoms with Crippen LogP contribution in [0.2, 0.25) is 5.02 Å². The van der Waals surface area contributed by atoms with Crippen LogP contribution in [-0.2, 0) is 7.05 Å². The first-order valence-electron chi connectivity index (χ1n) is 9.04. The normalized spacial score (nSPS) is 12.4. The third kappa shape index (κ3) is 3.03. The van der Waals surface area contributed by atoms with Gasteiger partial charge in [0.05, 0.1) is 28.2 Å². The molecule has 0 radical (unpaired) electrons. The van der Waals surface area contributed by atoms with E-state index in [1.807, 2.05) is 18.2 Å². The van der Waals surface area contributed by atoms with Gasteiger partial charge in [0, 0.05) is 23.3 Å². The molecule has 2 aromatic carbocycles. The van der Waals surface area contributed by atoms with Crippen molar-refractivity contribution in [2.75, 3.05) is 5.32 Å². The zero-order valence-corrected chi connectivity index (χ0v) is 16.9. The lowest BCUT2D eigenvalue weighted by atomic mass is 10.0. The molecular weight excluding hydrogens is 392 g/mol. The summed E-state index contributed by atoms with van der Waals surface area (Å²) in [4.78, 5) is 28.9. The van der Waals surface area contributed by atoms with E-state index in [0.29, 0.717) is 27.3 Å². The summed E-state index contributed by atoms with van der Waals surface area (Å²) in [5, 5.41) is 13.6. The van der Waals surface area contributed by atoms with Crippen LogP contribution >= 0.6 is 11.6 Å². The molecule has 148 valence electrons. The molecule has 2 aromatic heterocycles. The highest BCUT2D eigenvalue weighted by Crippen LogP contribution is 2.31. The maximum absolute atomic E-state index is 13.0. The Morgan fingerprint density at radius 3 is 2.72 bits per heavy atom. The lowest BCUT2D eigenvalue weighted by molar-refractivity contribution is 0.0698. The number of aromatic nitrogens is 3. The van der Waals surface area contributed by atoms with Crippen molar-refractivity contribution in [2.24, 2.45) is 7.05 Å². The fourth-order valence-electron chi connectivity index (χ4n) is 3.76. The van der Waals surface area contributed by atoms with Crippen molar-refractivity contribution < 1.29 is 9.90 Å². The van der Waals surface area contributed by atoms with Crippen LogP contribution < -0.4 is 10.9 Å². The summed E-state index contributed by atoms with van der Waals surface area (Å²) >= 11 is 6.34. The number of carboxylic acids is 1. The number of nitrogens with zero attached hydrogens (tertiary/aromatic N) is 3. The highest BCUT2D eigenvalue weighted by molar-refractivity contribution is 6.31. The molecule has 0 spiro atoms. The van der Waals surface area contributed by atoms with Crippen LogP contribution in [0.25, 0.3) is 16.6 Å². The number of anilines is 1. The summed E-state index contributed by atoms with van der Waals surface area (Å²) in [6.45, 7) is 3.75. The first-order chi connectivity index (χ1) is 13.8. The minimum atomic E-state index is -1.02. The topological polar surface area (TPSA) is 88.6 Å². The Morgan fingerprint density at radius 2 is 2.00 bits per heavy atom. The average molecular weight is 411 g/mol. The molecule has 0 aliphatic carbocycles. The van der Waals surface area contributed by atoms with Crippen molar-refractivity contribution >= 4 is 39.8 Å². The van der Waals surface area contributed by atoms with Gasteiger partial charge >= 0.3 is 5.97 Å². The molecule has 2 N–H and O–H groups in total. The fraction of sp³-hybridized carbons (Fsp3) is 0.190. The molecular formula is C21H19ClN4O3. The van der Waals surface area contributed by atoms with Crippen molar-refractivity contribution in [3.8, 4) is 0 Å². The molecule has 0 aliphatic heterocycles. The number of rotatable bonds is 4. The Balaban J connectivity index is 1.97. The Hall–Kier alpha value is -3.32. The molecule has 1 atom stereocenters. The number of nitrogens with one attached hydrogen (secondary N) is 1. The Labute approximate surface area is 171 Å². The quantitative estimate of drug-likeness (QED) is 0.530. The van der Waals surface area contributed by atoms with Crippen LogP contribution in [0.15, 0.2) is 47.5 Å². The van der Waals surface area contributed by atoms with Gasteiger partial charge in [-0.1, -0.05) is 23.7 Å². The van der Waals surface area contributed by atoms with Gasteiger partial charge < -0.3 is 10.4 Å². The van der Waals surface area contributed by atoms with E-state index in [1.165, 1.54) is 0 Å². The molecule has 2 heterocycles. The smallest absolute Gasteiger partial charge is 0.337 e. The summed E-state index contributed by atoms with van der Waals surface area (Å²) in [7, 11) is 1.71. The van der Waals surface area contributed by atoms with E-state index < -0.39 is 5.97 Å². The van der Waals surface area contributed by atoms with Gasteiger partial charge in [-0.25, -0.2) is 9.78 Å². The summed E-state index contributed by atoms with van der Waals surface area (Å²) < 4.78 is 3.43. The highest BCUT2D eigenvalue weighted by Gasteiger charge is 2.20. The van der Waals surface area contributed by atoms with Crippen LogP contribution in [0.3, 0.4) is 0 Å². The molecule has 0 aliphatic rings. The van der Waals surface area contributed by atoms with Crippen LogP contribution in [0.5, 0.6) is 0 Å². The maximum atomic E-state index is 13.0. The first kappa shape index (κ1) is 19.0. The lowest BCUT2D eigenvalue weighted by Gasteiger charge is -2.20. The van der Waals surface area contributed by atoms with E-state index in [-0.39, 0.29) is 17.2 Å². The van der Waals surface area contributed by atoms with Crippen LogP contribution in [0.1, 0.15) is 34.6 Å². The van der Waals surface area contributed by atoms with E-state index in [1.54, 1.807) is 54.3 Å². The van der Waals surface area contributed by atoms with Gasteiger partial charge in [-0.15, -0.1) is 0 Å². The van der Waals surface area contributed by atoms with E-state index in [4.69, 9.17) is 11.6 Å². The lowest BCUT2D eigenvalue weighted by Crippen LogP contribution is -2.21. The van der Waals surface area contributed by atoms with Crippen molar-refractivity contribution in [3.63, 3.8) is 0 Å². The van der Waals surface area contributed by atoms with Gasteiger partial charge in [-0.3, -0.25) is 13.8 Å². The molecule has 1 unspecified atom stereocenters. The number of imidazole rings is 1. The maximum Gasteiger partial charge on any atom is 0.337 e. The van der Waals surface area contributed by atoms with Gasteiger partial charge in [-0.2, -0.15) is 0 Å². The molecule has 0 saturated heterocycles. The van der Waals surface area contributed by atoms with E-state index in [2.05, 4.69) is 10.3 Å². The van der Waals surface area contributed by atoms with Gasteiger partial charge in [0.2, 0.25) is 0 Å². The van der Waals surface area contributed by atoms with E-state index in [0.717, 1.165) is 11.3 Å². The largest absolute Gasteiger partial charge is 0.478 e. The zero-order valence-electron chi connectivity index (χ0n) is 16.1. The molecule has 8 heteroatoms. The second kappa shape index (κ2) is 6.93. The molecule has 7 nitrogen and oxygen atoms in total. The Bertz CT molecular complexity index is 1340. The number of halogens is 1. The second-order valence-electron chi connectivity index (χ2n) is 7.00. The molecule has 0 amide bonds. The minimum Gasteiger partial charge on any atom is -0.478 e. The molecule has 4 rings (SSSR count). The average Bonchev–Trinajstić information content (AvgIpc) is 3.07. The molecule has 0 bridgehead atoms. The van der Waals surface area contributed by atoms with E-state index >= 15 is 0 Å². The van der Waals surface area contributed by atoms with Crippen LogP contribution in [0, 0.1) is 6.92 Å². The summed E-state index contributed by atoms with van der Waals surface area (Å²) in [5.74, 6) is -1.02. The van der Waals surface area contributed by atoms with Gasteiger partial charge in [0.1, 0.15) is 12.0 Å². The van der Waals surface area contributed by atoms with Gasteiger partial charge in [-0.05, 0) is 38.1 Å². The van der Waals surface area contributed by atoms with Crippen molar-refractivity contribution in [1.29, 1.82) is 0 Å². The molecule has 0 saturated carbocycles. The number of benzene rings is 2. The SMILES string of the molecule is Cc1ncn2c3c(C(C)Nc4ccccc4C(=O)O)cc(Cl)cc3c(=O)n(C)c12. The fourth-order valence-corrected chi connectivity index (χ4v) is 3.99. The monoisotopic (exact) mass is 410 g/mol. The van der Waals surface area contributed by atoms with Gasteiger partial charge in [0.15, 0.2) is 0 Å². The number of fused-ring (bicyclic) bond motifs is 3. The number of hydrogen-bond acceptors (Lipinski definition) is 4. The minimum absolute atomic E-state index is 0.169. The van der Waals surface area contributed by atoms with Crippen LogP contribution in [0.4, 0.5) is 5.69 Å². The first-order valence-corrected chi connectivity index (χ1v) is 9.42. The number of carboxylic acid groups (broad SMARTS) is 1. The predicted molar refractivity (Wildman–Crippen MR) is 113 cm³/mol. The standard InChI is InChI=1S/C21H19ClN4O3/c1-11(24-17-7-5-4-6-14(17)21(28)29)15-8-13(22)9-16-18(15)26-10-23-12(2)19(26)25(3)20(16)27/h4-11,24H,1-3H3,(H,28,29). The van der Waals surface area contributed by atoms with Gasteiger partial charge in [0.25, 0.3) is 5.56 Å². The summed E-state index contributed by atoms with van der Waals surface area (Å²) in [6.07, 6.45) is 1.68. The van der Waals surface area contributed by atoms with E-state index in [9.17, 15) is 14.7 Å². The third-order valence-corrected chi connectivity index (χ3v) is 5.33.